The second-order valence-corrected chi connectivity index (χ2v) is 8.05. The lowest BCUT2D eigenvalue weighted by molar-refractivity contribution is -0.121. The summed E-state index contributed by atoms with van der Waals surface area (Å²) in [5, 5.41) is 11.0. The minimum Gasteiger partial charge on any atom is -0.326 e. The van der Waals surface area contributed by atoms with E-state index < -0.39 is 0 Å². The van der Waals surface area contributed by atoms with E-state index in [2.05, 4.69) is 21.3 Å². The Kier molecular flexibility index (Phi) is 8.95. The van der Waals surface area contributed by atoms with Crippen molar-refractivity contribution in [3.63, 3.8) is 0 Å². The standard InChI is InChI=1S/C24H30N4O4/c1-15(2)23(31)27-19-9-5-7-17(13-19)25-21(29)11-12-22(30)26-18-8-6-10-20(14-18)28-24(32)16(3)4/h5-10,13-16H,11-12H2,1-4H3,(H,25,29)(H,26,30)(H,27,31)(H,28,32). The van der Waals surface area contributed by atoms with Crippen molar-refractivity contribution >= 4 is 46.4 Å². The molecule has 0 saturated heterocycles. The predicted molar refractivity (Wildman–Crippen MR) is 126 cm³/mol. The Hall–Kier alpha value is -3.68. The Bertz CT molecular complexity index is 906. The summed E-state index contributed by atoms with van der Waals surface area (Å²) in [6, 6.07) is 13.7. The molecule has 0 unspecified atom stereocenters. The maximum atomic E-state index is 12.2. The first-order chi connectivity index (χ1) is 15.1. The summed E-state index contributed by atoms with van der Waals surface area (Å²) in [7, 11) is 0. The number of benzene rings is 2. The molecule has 0 aromatic heterocycles. The molecule has 0 aliphatic rings. The molecule has 4 amide bonds. The fourth-order valence-corrected chi connectivity index (χ4v) is 2.60. The molecule has 0 radical (unpaired) electrons. The number of rotatable bonds is 9. The van der Waals surface area contributed by atoms with Gasteiger partial charge in [-0.05, 0) is 36.4 Å². The van der Waals surface area contributed by atoms with Gasteiger partial charge >= 0.3 is 0 Å². The molecule has 0 bridgehead atoms. The van der Waals surface area contributed by atoms with Gasteiger partial charge in [0.2, 0.25) is 23.6 Å². The Labute approximate surface area is 188 Å². The van der Waals surface area contributed by atoms with Crippen LogP contribution in [0.25, 0.3) is 0 Å². The highest BCUT2D eigenvalue weighted by molar-refractivity contribution is 5.98. The van der Waals surface area contributed by atoms with Crippen molar-refractivity contribution in [2.75, 3.05) is 21.3 Å². The first kappa shape index (κ1) is 24.6. The summed E-state index contributed by atoms with van der Waals surface area (Å²) < 4.78 is 0. The van der Waals surface area contributed by atoms with Gasteiger partial charge in [-0.2, -0.15) is 0 Å². The molecule has 2 aromatic rings. The normalized spacial score (nSPS) is 10.6. The molecule has 32 heavy (non-hydrogen) atoms. The van der Waals surface area contributed by atoms with Crippen molar-refractivity contribution in [3.05, 3.63) is 48.5 Å². The molecule has 0 heterocycles. The number of nitrogens with one attached hydrogen (secondary N) is 4. The fourth-order valence-electron chi connectivity index (χ4n) is 2.60. The quantitative estimate of drug-likeness (QED) is 0.469. The average Bonchev–Trinajstić information content (AvgIpc) is 2.72. The summed E-state index contributed by atoms with van der Waals surface area (Å²) in [5.74, 6) is -1.16. The Morgan fingerprint density at radius 2 is 0.906 bits per heavy atom. The van der Waals surface area contributed by atoms with E-state index in [9.17, 15) is 19.2 Å². The number of amides is 4. The molecule has 0 atom stereocenters. The van der Waals surface area contributed by atoms with Gasteiger partial charge in [-0.3, -0.25) is 19.2 Å². The van der Waals surface area contributed by atoms with Gasteiger partial charge in [0.25, 0.3) is 0 Å². The smallest absolute Gasteiger partial charge is 0.226 e. The van der Waals surface area contributed by atoms with Gasteiger partial charge in [-0.1, -0.05) is 39.8 Å². The zero-order chi connectivity index (χ0) is 23.7. The minimum atomic E-state index is -0.314. The lowest BCUT2D eigenvalue weighted by Gasteiger charge is -2.11. The van der Waals surface area contributed by atoms with Crippen LogP contribution >= 0.6 is 0 Å². The topological polar surface area (TPSA) is 116 Å². The predicted octanol–water partition coefficient (Wildman–Crippen LogP) is 4.23. The lowest BCUT2D eigenvalue weighted by atomic mass is 10.2. The fraction of sp³-hybridized carbons (Fsp3) is 0.333. The van der Waals surface area contributed by atoms with Crippen molar-refractivity contribution < 1.29 is 19.2 Å². The highest BCUT2D eigenvalue weighted by Crippen LogP contribution is 2.18. The first-order valence-electron chi connectivity index (χ1n) is 10.6. The lowest BCUT2D eigenvalue weighted by Crippen LogP contribution is -2.19. The highest BCUT2D eigenvalue weighted by Gasteiger charge is 2.11. The van der Waals surface area contributed by atoms with Gasteiger partial charge in [0.05, 0.1) is 0 Å². The first-order valence-corrected chi connectivity index (χ1v) is 10.6. The molecule has 0 aliphatic heterocycles. The molecule has 0 spiro atoms. The van der Waals surface area contributed by atoms with Crippen LogP contribution < -0.4 is 21.3 Å². The second kappa shape index (κ2) is 11.6. The number of anilines is 4. The van der Waals surface area contributed by atoms with Crippen molar-refractivity contribution in [2.24, 2.45) is 11.8 Å². The maximum Gasteiger partial charge on any atom is 0.226 e. The molecule has 170 valence electrons. The van der Waals surface area contributed by atoms with E-state index in [1.807, 2.05) is 0 Å². The van der Waals surface area contributed by atoms with E-state index in [1.165, 1.54) is 0 Å². The van der Waals surface area contributed by atoms with Gasteiger partial charge in [0, 0.05) is 47.4 Å². The molecule has 4 N–H and O–H groups in total. The SMILES string of the molecule is CC(C)C(=O)Nc1cccc(NC(=O)CCC(=O)Nc2cccc(NC(=O)C(C)C)c2)c1. The molecular weight excluding hydrogens is 408 g/mol. The number of hydrogen-bond acceptors (Lipinski definition) is 4. The Morgan fingerprint density at radius 3 is 1.22 bits per heavy atom. The van der Waals surface area contributed by atoms with E-state index in [4.69, 9.17) is 0 Å². The summed E-state index contributed by atoms with van der Waals surface area (Å²) in [6.07, 6.45) is -0.00359. The molecular formula is C24H30N4O4. The van der Waals surface area contributed by atoms with E-state index >= 15 is 0 Å². The molecule has 8 heteroatoms. The van der Waals surface area contributed by atoms with Crippen LogP contribution in [-0.2, 0) is 19.2 Å². The average molecular weight is 439 g/mol. The monoisotopic (exact) mass is 438 g/mol. The van der Waals surface area contributed by atoms with Gasteiger partial charge in [-0.25, -0.2) is 0 Å². The summed E-state index contributed by atoms with van der Waals surface area (Å²) in [6.45, 7) is 7.18. The molecule has 2 aromatic carbocycles. The number of hydrogen-bond donors (Lipinski definition) is 4. The van der Waals surface area contributed by atoms with Gasteiger partial charge in [0.15, 0.2) is 0 Å². The van der Waals surface area contributed by atoms with Crippen LogP contribution in [-0.4, -0.2) is 23.6 Å². The Balaban J connectivity index is 1.84. The summed E-state index contributed by atoms with van der Waals surface area (Å²) in [5.41, 5.74) is 2.24. The van der Waals surface area contributed by atoms with E-state index in [0.717, 1.165) is 0 Å². The van der Waals surface area contributed by atoms with Crippen molar-refractivity contribution in [1.29, 1.82) is 0 Å². The zero-order valence-corrected chi connectivity index (χ0v) is 18.8. The zero-order valence-electron chi connectivity index (χ0n) is 18.8. The van der Waals surface area contributed by atoms with Gasteiger partial charge < -0.3 is 21.3 Å². The molecule has 8 nitrogen and oxygen atoms in total. The van der Waals surface area contributed by atoms with Crippen LogP contribution in [0.15, 0.2) is 48.5 Å². The molecule has 2 rings (SSSR count). The van der Waals surface area contributed by atoms with Crippen LogP contribution in [0.3, 0.4) is 0 Å². The van der Waals surface area contributed by atoms with Crippen molar-refractivity contribution in [3.8, 4) is 0 Å². The van der Waals surface area contributed by atoms with E-state index in [1.54, 1.807) is 76.2 Å². The maximum absolute atomic E-state index is 12.2. The largest absolute Gasteiger partial charge is 0.326 e. The van der Waals surface area contributed by atoms with Gasteiger partial charge in [-0.15, -0.1) is 0 Å². The van der Waals surface area contributed by atoms with Crippen LogP contribution in [0.5, 0.6) is 0 Å². The van der Waals surface area contributed by atoms with Crippen LogP contribution in [0.1, 0.15) is 40.5 Å². The van der Waals surface area contributed by atoms with Gasteiger partial charge in [0.1, 0.15) is 0 Å². The van der Waals surface area contributed by atoms with E-state index in [-0.39, 0.29) is 48.3 Å². The highest BCUT2D eigenvalue weighted by atomic mass is 16.2. The third kappa shape index (κ3) is 8.22. The van der Waals surface area contributed by atoms with Crippen molar-refractivity contribution in [2.45, 2.75) is 40.5 Å². The van der Waals surface area contributed by atoms with Crippen molar-refractivity contribution in [1.82, 2.24) is 0 Å². The summed E-state index contributed by atoms with van der Waals surface area (Å²) >= 11 is 0. The third-order valence-electron chi connectivity index (χ3n) is 4.46. The van der Waals surface area contributed by atoms with Crippen LogP contribution in [0.4, 0.5) is 22.7 Å². The molecule has 0 saturated carbocycles. The number of carbonyl (C=O) groups is 4. The minimum absolute atomic E-state index is 0.00180. The summed E-state index contributed by atoms with van der Waals surface area (Å²) in [4.78, 5) is 48.1. The second-order valence-electron chi connectivity index (χ2n) is 8.05. The third-order valence-corrected chi connectivity index (χ3v) is 4.46. The van der Waals surface area contributed by atoms with Crippen LogP contribution in [0.2, 0.25) is 0 Å². The molecule has 0 aliphatic carbocycles. The van der Waals surface area contributed by atoms with E-state index in [0.29, 0.717) is 22.7 Å². The molecule has 0 fully saturated rings. The Morgan fingerprint density at radius 1 is 0.594 bits per heavy atom. The van der Waals surface area contributed by atoms with Crippen LogP contribution in [0, 0.1) is 11.8 Å². The number of carbonyl (C=O) groups excluding carboxylic acids is 4.